The van der Waals surface area contributed by atoms with Gasteiger partial charge in [-0.3, -0.25) is 0 Å². The third kappa shape index (κ3) is 1.90. The van der Waals surface area contributed by atoms with Crippen LogP contribution in [0.1, 0.15) is 0 Å². The highest BCUT2D eigenvalue weighted by atomic mass is 15.5. The van der Waals surface area contributed by atoms with E-state index in [2.05, 4.69) is 25.6 Å². The van der Waals surface area contributed by atoms with E-state index in [1.165, 1.54) is 0 Å². The molecule has 0 saturated heterocycles. The molecule has 2 aromatic heterocycles. The number of benzene rings is 1. The minimum atomic E-state index is 0.503. The third-order valence-corrected chi connectivity index (χ3v) is 2.39. The van der Waals surface area contributed by atoms with Gasteiger partial charge in [0.1, 0.15) is 5.69 Å². The number of hydrogen-bond acceptors (Lipinski definition) is 4. The summed E-state index contributed by atoms with van der Waals surface area (Å²) < 4.78 is 0. The Balaban J connectivity index is 2.06. The molecule has 0 bridgehead atoms. The number of hydrogen-bond donors (Lipinski definition) is 1. The molecule has 0 aliphatic carbocycles. The quantitative estimate of drug-likeness (QED) is 0.720. The summed E-state index contributed by atoms with van der Waals surface area (Å²) in [5.74, 6) is 0.503. The van der Waals surface area contributed by atoms with Gasteiger partial charge in [-0.2, -0.15) is 5.21 Å². The second-order valence-electron chi connectivity index (χ2n) is 3.51. The maximum absolute atomic E-state index is 4.50. The van der Waals surface area contributed by atoms with Gasteiger partial charge in [-0.15, -0.1) is 10.2 Å². The number of nitrogens with one attached hydrogen (secondary N) is 1. The highest BCUT2D eigenvalue weighted by molar-refractivity contribution is 5.62. The number of pyridine rings is 1. The molecule has 0 fully saturated rings. The molecule has 82 valence electrons. The topological polar surface area (TPSA) is 67.3 Å². The fourth-order valence-corrected chi connectivity index (χ4v) is 1.60. The average molecular weight is 223 g/mol. The van der Waals surface area contributed by atoms with E-state index < -0.39 is 0 Å². The van der Waals surface area contributed by atoms with Crippen molar-refractivity contribution in [3.63, 3.8) is 0 Å². The van der Waals surface area contributed by atoms with Crippen LogP contribution in [0, 0.1) is 0 Å². The van der Waals surface area contributed by atoms with Gasteiger partial charge >= 0.3 is 0 Å². The van der Waals surface area contributed by atoms with Crippen LogP contribution >= 0.6 is 0 Å². The largest absolute Gasteiger partial charge is 0.244 e. The summed E-state index contributed by atoms with van der Waals surface area (Å²) in [7, 11) is 0. The summed E-state index contributed by atoms with van der Waals surface area (Å²) in [6, 6.07) is 15.7. The van der Waals surface area contributed by atoms with E-state index in [1.54, 1.807) is 0 Å². The van der Waals surface area contributed by atoms with Gasteiger partial charge < -0.3 is 0 Å². The number of tetrazole rings is 1. The van der Waals surface area contributed by atoms with E-state index in [-0.39, 0.29) is 0 Å². The summed E-state index contributed by atoms with van der Waals surface area (Å²) in [4.78, 5) is 4.50. The minimum Gasteiger partial charge on any atom is -0.244 e. The zero-order valence-electron chi connectivity index (χ0n) is 8.91. The lowest BCUT2D eigenvalue weighted by Crippen LogP contribution is -1.89. The number of aromatic nitrogens is 5. The summed E-state index contributed by atoms with van der Waals surface area (Å²) in [6.07, 6.45) is 0. The molecule has 1 aromatic carbocycles. The fourth-order valence-electron chi connectivity index (χ4n) is 1.60. The second-order valence-corrected chi connectivity index (χ2v) is 3.51. The van der Waals surface area contributed by atoms with Crippen molar-refractivity contribution in [2.24, 2.45) is 0 Å². The van der Waals surface area contributed by atoms with E-state index in [4.69, 9.17) is 0 Å². The Morgan fingerprint density at radius 2 is 1.65 bits per heavy atom. The first-order valence-corrected chi connectivity index (χ1v) is 5.20. The Morgan fingerprint density at radius 3 is 2.41 bits per heavy atom. The maximum atomic E-state index is 4.50. The molecule has 5 nitrogen and oxygen atoms in total. The molecule has 0 amide bonds. The molecule has 0 radical (unpaired) electrons. The van der Waals surface area contributed by atoms with Crippen molar-refractivity contribution in [2.45, 2.75) is 0 Å². The molecule has 3 rings (SSSR count). The van der Waals surface area contributed by atoms with Crippen LogP contribution in [-0.2, 0) is 0 Å². The number of aromatic amines is 1. The average Bonchev–Trinajstić information content (AvgIpc) is 2.94. The highest BCUT2D eigenvalue weighted by Crippen LogP contribution is 2.19. The van der Waals surface area contributed by atoms with Gasteiger partial charge in [0.25, 0.3) is 0 Å². The normalized spacial score (nSPS) is 10.4. The Morgan fingerprint density at radius 1 is 0.824 bits per heavy atom. The minimum absolute atomic E-state index is 0.503. The smallest absolute Gasteiger partial charge is 0.222 e. The monoisotopic (exact) mass is 223 g/mol. The van der Waals surface area contributed by atoms with Gasteiger partial charge in [0.15, 0.2) is 0 Å². The van der Waals surface area contributed by atoms with Crippen LogP contribution in [0.15, 0.2) is 48.5 Å². The third-order valence-electron chi connectivity index (χ3n) is 2.39. The first kappa shape index (κ1) is 9.65. The summed E-state index contributed by atoms with van der Waals surface area (Å²) in [5, 5.41) is 13.8. The van der Waals surface area contributed by atoms with E-state index in [0.717, 1.165) is 11.3 Å². The first-order chi connectivity index (χ1) is 8.43. The zero-order chi connectivity index (χ0) is 11.5. The van der Waals surface area contributed by atoms with Gasteiger partial charge in [-0.05, 0) is 17.3 Å². The van der Waals surface area contributed by atoms with Crippen molar-refractivity contribution in [1.82, 2.24) is 25.6 Å². The molecule has 3 aromatic rings. The van der Waals surface area contributed by atoms with E-state index in [9.17, 15) is 0 Å². The van der Waals surface area contributed by atoms with E-state index in [1.807, 2.05) is 48.5 Å². The van der Waals surface area contributed by atoms with Crippen LogP contribution in [0.2, 0.25) is 0 Å². The van der Waals surface area contributed by atoms with Crippen molar-refractivity contribution in [3.05, 3.63) is 48.5 Å². The Labute approximate surface area is 97.5 Å². The lowest BCUT2D eigenvalue weighted by Gasteiger charge is -2.01. The lowest BCUT2D eigenvalue weighted by atomic mass is 10.1. The molecule has 1 N–H and O–H groups in total. The Kier molecular flexibility index (Phi) is 2.34. The van der Waals surface area contributed by atoms with Gasteiger partial charge in [0, 0.05) is 5.56 Å². The molecule has 2 heterocycles. The molecule has 0 spiro atoms. The van der Waals surface area contributed by atoms with Crippen LogP contribution < -0.4 is 0 Å². The van der Waals surface area contributed by atoms with Crippen LogP contribution in [0.3, 0.4) is 0 Å². The van der Waals surface area contributed by atoms with E-state index in [0.29, 0.717) is 11.5 Å². The molecular weight excluding hydrogens is 214 g/mol. The summed E-state index contributed by atoms with van der Waals surface area (Å²) in [6.45, 7) is 0. The molecule has 0 atom stereocenters. The summed E-state index contributed by atoms with van der Waals surface area (Å²) in [5.41, 5.74) is 2.67. The molecule has 0 aliphatic rings. The van der Waals surface area contributed by atoms with Gasteiger partial charge in [-0.1, -0.05) is 36.4 Å². The number of rotatable bonds is 2. The van der Waals surface area contributed by atoms with Gasteiger partial charge in [0.05, 0.1) is 5.69 Å². The van der Waals surface area contributed by atoms with Crippen molar-refractivity contribution < 1.29 is 0 Å². The van der Waals surface area contributed by atoms with Gasteiger partial charge in [-0.25, -0.2) is 4.98 Å². The predicted octanol–water partition coefficient (Wildman–Crippen LogP) is 1.93. The lowest BCUT2D eigenvalue weighted by molar-refractivity contribution is 0.881. The predicted molar refractivity (Wildman–Crippen MR) is 62.8 cm³/mol. The van der Waals surface area contributed by atoms with Crippen LogP contribution in [-0.4, -0.2) is 25.6 Å². The Hall–Kier alpha value is -2.56. The molecule has 17 heavy (non-hydrogen) atoms. The maximum Gasteiger partial charge on any atom is 0.222 e. The molecular formula is C12H9N5. The fraction of sp³-hybridized carbons (Fsp3) is 0. The summed E-state index contributed by atoms with van der Waals surface area (Å²) >= 11 is 0. The Bertz CT molecular complexity index is 604. The SMILES string of the molecule is c1ccc(-c2cccc(-c3nn[nH]n3)n2)cc1. The standard InChI is InChI=1S/C12H9N5/c1-2-5-9(6-3-1)10-7-4-8-11(13-10)12-14-16-17-15-12/h1-8H,(H,14,15,16,17). The molecule has 0 unspecified atom stereocenters. The highest BCUT2D eigenvalue weighted by Gasteiger charge is 2.05. The van der Waals surface area contributed by atoms with Crippen LogP contribution in [0.5, 0.6) is 0 Å². The van der Waals surface area contributed by atoms with Crippen molar-refractivity contribution >= 4 is 0 Å². The molecule has 5 heteroatoms. The van der Waals surface area contributed by atoms with Crippen LogP contribution in [0.25, 0.3) is 22.8 Å². The van der Waals surface area contributed by atoms with Crippen molar-refractivity contribution in [2.75, 3.05) is 0 Å². The van der Waals surface area contributed by atoms with E-state index >= 15 is 0 Å². The molecule has 0 saturated carbocycles. The second kappa shape index (κ2) is 4.13. The van der Waals surface area contributed by atoms with Crippen LogP contribution in [0.4, 0.5) is 0 Å². The molecule has 0 aliphatic heterocycles. The first-order valence-electron chi connectivity index (χ1n) is 5.20. The van der Waals surface area contributed by atoms with Crippen molar-refractivity contribution in [1.29, 1.82) is 0 Å². The van der Waals surface area contributed by atoms with Gasteiger partial charge in [0.2, 0.25) is 5.82 Å². The number of H-pyrrole nitrogens is 1. The zero-order valence-corrected chi connectivity index (χ0v) is 8.91. The number of nitrogens with zero attached hydrogens (tertiary/aromatic N) is 4. The van der Waals surface area contributed by atoms with Crippen molar-refractivity contribution in [3.8, 4) is 22.8 Å².